The lowest BCUT2D eigenvalue weighted by molar-refractivity contribution is -0.172. The van der Waals surface area contributed by atoms with E-state index in [1.807, 2.05) is 13.8 Å². The number of rotatable bonds is 6. The van der Waals surface area contributed by atoms with Crippen LogP contribution in [0.25, 0.3) is 0 Å². The van der Waals surface area contributed by atoms with Gasteiger partial charge in [0.25, 0.3) is 0 Å². The van der Waals surface area contributed by atoms with Gasteiger partial charge in [0, 0.05) is 18.3 Å². The number of aldehydes is 1. The van der Waals surface area contributed by atoms with E-state index >= 15 is 0 Å². The molecule has 0 saturated carbocycles. The van der Waals surface area contributed by atoms with Gasteiger partial charge in [-0.15, -0.1) is 0 Å². The van der Waals surface area contributed by atoms with E-state index in [2.05, 4.69) is 26.8 Å². The highest BCUT2D eigenvalue weighted by molar-refractivity contribution is 5.92. The molecule has 0 aromatic carbocycles. The molecule has 0 aromatic rings. The van der Waals surface area contributed by atoms with Gasteiger partial charge >= 0.3 is 0 Å². The molecule has 0 saturated heterocycles. The number of hydrogen-bond donors (Lipinski definition) is 0. The molecule has 0 bridgehead atoms. The zero-order valence-electron chi connectivity index (χ0n) is 19.6. The Hall–Kier alpha value is -1.56. The average molecular weight is 427 g/mol. The van der Waals surface area contributed by atoms with Crippen LogP contribution in [0.3, 0.4) is 0 Å². The molecule has 0 spiro atoms. The minimum absolute atomic E-state index is 0.0124. The molecule has 4 aliphatic carbocycles. The molecule has 4 atom stereocenters. The topological polar surface area (TPSA) is 69.7 Å². The van der Waals surface area contributed by atoms with E-state index in [-0.39, 0.29) is 28.1 Å². The Bertz CT molecular complexity index is 884. The first-order valence-electron chi connectivity index (χ1n) is 11.8. The molecule has 0 N–H and O–H groups in total. The molecule has 170 valence electrons. The Balaban J connectivity index is 1.83. The molecule has 3 unspecified atom stereocenters. The predicted octanol–water partition coefficient (Wildman–Crippen LogP) is 5.61. The van der Waals surface area contributed by atoms with Crippen LogP contribution in [0.5, 0.6) is 0 Å². The van der Waals surface area contributed by atoms with Crippen LogP contribution in [-0.4, -0.2) is 29.4 Å². The summed E-state index contributed by atoms with van der Waals surface area (Å²) in [4.78, 5) is 29.0. The van der Waals surface area contributed by atoms with Crippen LogP contribution in [0.4, 0.5) is 0 Å². The quantitative estimate of drug-likeness (QED) is 0.408. The Morgan fingerprint density at radius 3 is 2.68 bits per heavy atom. The number of carbonyl (C=O) groups is 2. The van der Waals surface area contributed by atoms with Crippen LogP contribution in [0.15, 0.2) is 34.4 Å². The maximum absolute atomic E-state index is 13.2. The summed E-state index contributed by atoms with van der Waals surface area (Å²) in [6.45, 7) is 10.6. The Morgan fingerprint density at radius 2 is 2.00 bits per heavy atom. The molecule has 5 nitrogen and oxygen atoms in total. The van der Waals surface area contributed by atoms with Gasteiger partial charge < -0.3 is 14.8 Å². The van der Waals surface area contributed by atoms with Crippen molar-refractivity contribution >= 4 is 12.1 Å². The molecule has 4 rings (SSSR count). The lowest BCUT2D eigenvalue weighted by atomic mass is 9.51. The van der Waals surface area contributed by atoms with Crippen LogP contribution in [0, 0.1) is 21.5 Å². The van der Waals surface area contributed by atoms with Crippen molar-refractivity contribution in [1.82, 2.24) is 5.23 Å². The summed E-state index contributed by atoms with van der Waals surface area (Å²) in [6, 6.07) is -0.429. The Labute approximate surface area is 186 Å². The van der Waals surface area contributed by atoms with Gasteiger partial charge in [0.1, 0.15) is 6.29 Å². The minimum atomic E-state index is -0.429. The second-order valence-corrected chi connectivity index (χ2v) is 10.9. The number of ketones is 1. The smallest absolute Gasteiger partial charge is 0.155 e. The number of allylic oxidation sites excluding steroid dienone is 3. The van der Waals surface area contributed by atoms with E-state index in [0.29, 0.717) is 19.3 Å². The second kappa shape index (κ2) is 7.79. The highest BCUT2D eigenvalue weighted by Crippen LogP contribution is 2.66. The van der Waals surface area contributed by atoms with Crippen molar-refractivity contribution in [2.45, 2.75) is 98.1 Å². The summed E-state index contributed by atoms with van der Waals surface area (Å²) in [5.41, 5.74) is 4.67. The van der Waals surface area contributed by atoms with Crippen molar-refractivity contribution in [2.24, 2.45) is 16.2 Å². The lowest BCUT2D eigenvalue weighted by Gasteiger charge is -2.56. The van der Waals surface area contributed by atoms with Crippen LogP contribution in [-0.2, 0) is 14.4 Å². The van der Waals surface area contributed by atoms with Crippen LogP contribution in [0.1, 0.15) is 86.0 Å². The first kappa shape index (κ1) is 22.6. The van der Waals surface area contributed by atoms with Crippen LogP contribution < -0.4 is 0 Å². The number of hydroxylamine groups is 2. The molecule has 0 aliphatic heterocycles. The van der Waals surface area contributed by atoms with Crippen molar-refractivity contribution in [3.8, 4) is 0 Å². The normalized spacial score (nSPS) is 37.4. The Kier molecular flexibility index (Phi) is 5.68. The van der Waals surface area contributed by atoms with Crippen molar-refractivity contribution in [3.63, 3.8) is 0 Å². The summed E-state index contributed by atoms with van der Waals surface area (Å²) in [6.07, 6.45) is 11.2. The SMILES string of the molecule is CC(C)ON([O-])C1CC2=CC(=O)CCC2(C)C2=C1C1=CC[C@@](C)(CCC=O)C1(C)CC2. The molecule has 0 amide bonds. The average Bonchev–Trinajstić information content (AvgIpc) is 2.97. The van der Waals surface area contributed by atoms with Gasteiger partial charge in [-0.3, -0.25) is 10.0 Å². The van der Waals surface area contributed by atoms with Gasteiger partial charge in [0.2, 0.25) is 0 Å². The summed E-state index contributed by atoms with van der Waals surface area (Å²) in [5, 5.41) is 14.0. The van der Waals surface area contributed by atoms with E-state index in [1.165, 1.54) is 11.1 Å². The molecule has 0 fully saturated rings. The second-order valence-electron chi connectivity index (χ2n) is 10.9. The van der Waals surface area contributed by atoms with E-state index in [9.17, 15) is 14.8 Å². The standard InChI is InChI=1S/C26H36NO4/c1-17(2)31-27(30)22-16-18-15-19(29)7-12-25(18,4)20-9-13-26(5)21(23(20)22)8-11-24(26,3)10-6-14-28/h8,14-15,17,22H,6-7,9-13,16H2,1-5H3/q-1/t22?,24-,25?,26?/m1/s1. The molecular weight excluding hydrogens is 390 g/mol. The monoisotopic (exact) mass is 426 g/mol. The Morgan fingerprint density at radius 1 is 1.26 bits per heavy atom. The minimum Gasteiger partial charge on any atom is -0.762 e. The first-order chi connectivity index (χ1) is 14.6. The van der Waals surface area contributed by atoms with E-state index in [0.717, 1.165) is 54.8 Å². The highest BCUT2D eigenvalue weighted by Gasteiger charge is 2.56. The van der Waals surface area contributed by atoms with Crippen LogP contribution >= 0.6 is 0 Å². The molecule has 0 radical (unpaired) electrons. The number of hydrogen-bond acceptors (Lipinski definition) is 5. The van der Waals surface area contributed by atoms with Gasteiger partial charge in [-0.25, -0.2) is 0 Å². The zero-order valence-corrected chi connectivity index (χ0v) is 19.6. The third-order valence-electron chi connectivity index (χ3n) is 8.88. The summed E-state index contributed by atoms with van der Waals surface area (Å²) in [5.74, 6) is 0.166. The van der Waals surface area contributed by atoms with Gasteiger partial charge in [-0.05, 0) is 80.4 Å². The molecule has 0 aromatic heterocycles. The highest BCUT2D eigenvalue weighted by atomic mass is 16.9. The fourth-order valence-electron chi connectivity index (χ4n) is 6.69. The fraction of sp³-hybridized carbons (Fsp3) is 0.692. The fourth-order valence-corrected chi connectivity index (χ4v) is 6.69. The molecule has 31 heavy (non-hydrogen) atoms. The van der Waals surface area contributed by atoms with Crippen molar-refractivity contribution in [3.05, 3.63) is 39.7 Å². The summed E-state index contributed by atoms with van der Waals surface area (Å²) >= 11 is 0. The number of carbonyl (C=O) groups excluding carboxylic acids is 2. The zero-order chi connectivity index (χ0) is 22.6. The largest absolute Gasteiger partial charge is 0.762 e. The summed E-state index contributed by atoms with van der Waals surface area (Å²) < 4.78 is 0. The van der Waals surface area contributed by atoms with Crippen LogP contribution in [0.2, 0.25) is 0 Å². The number of fused-ring (bicyclic) bond motifs is 4. The lowest BCUT2D eigenvalue weighted by Crippen LogP contribution is -2.48. The van der Waals surface area contributed by atoms with Gasteiger partial charge in [0.15, 0.2) is 5.78 Å². The third kappa shape index (κ3) is 3.40. The molecule has 5 heteroatoms. The third-order valence-corrected chi connectivity index (χ3v) is 8.88. The van der Waals surface area contributed by atoms with Gasteiger partial charge in [-0.2, -0.15) is 0 Å². The van der Waals surface area contributed by atoms with Gasteiger partial charge in [0.05, 0.1) is 12.1 Å². The summed E-state index contributed by atoms with van der Waals surface area (Å²) in [7, 11) is 0. The first-order valence-corrected chi connectivity index (χ1v) is 11.8. The van der Waals surface area contributed by atoms with Crippen molar-refractivity contribution < 1.29 is 14.4 Å². The van der Waals surface area contributed by atoms with E-state index in [4.69, 9.17) is 4.84 Å². The maximum Gasteiger partial charge on any atom is 0.155 e. The predicted molar refractivity (Wildman–Crippen MR) is 121 cm³/mol. The molecule has 0 heterocycles. The maximum atomic E-state index is 13.2. The number of nitrogens with zero attached hydrogens (tertiary/aromatic N) is 1. The van der Waals surface area contributed by atoms with Gasteiger partial charge in [-0.1, -0.05) is 38.0 Å². The van der Waals surface area contributed by atoms with Crippen molar-refractivity contribution in [1.29, 1.82) is 0 Å². The van der Waals surface area contributed by atoms with E-state index in [1.54, 1.807) is 6.08 Å². The molecular formula is C26H36NO4-. The van der Waals surface area contributed by atoms with Crippen molar-refractivity contribution in [2.75, 3.05) is 0 Å². The van der Waals surface area contributed by atoms with E-state index < -0.39 is 6.04 Å². The molecule has 4 aliphatic rings.